The third-order valence-electron chi connectivity index (χ3n) is 4.38. The Kier molecular flexibility index (Phi) is 6.40. The Labute approximate surface area is 166 Å². The van der Waals surface area contributed by atoms with Crippen molar-refractivity contribution in [3.05, 3.63) is 36.2 Å². The summed E-state index contributed by atoms with van der Waals surface area (Å²) in [5.74, 6) is -0.149. The summed E-state index contributed by atoms with van der Waals surface area (Å²) in [6, 6.07) is 6.22. The first-order chi connectivity index (χ1) is 13.5. The maximum atomic E-state index is 12.9. The van der Waals surface area contributed by atoms with E-state index < -0.39 is 6.61 Å². The zero-order valence-corrected chi connectivity index (χ0v) is 16.1. The van der Waals surface area contributed by atoms with E-state index in [9.17, 15) is 13.6 Å². The number of likely N-dealkylation sites (tertiary alicyclic amines) is 1. The molecule has 150 valence electrons. The highest BCUT2D eigenvalue weighted by molar-refractivity contribution is 7.80. The predicted octanol–water partition coefficient (Wildman–Crippen LogP) is 3.46. The minimum Gasteiger partial charge on any atom is -0.433 e. The third-order valence-corrected chi connectivity index (χ3v) is 4.59. The number of anilines is 2. The first-order valence-electron chi connectivity index (χ1n) is 8.89. The molecule has 0 aliphatic carbocycles. The summed E-state index contributed by atoms with van der Waals surface area (Å²) >= 11 is 5.28. The molecule has 0 spiro atoms. The maximum absolute atomic E-state index is 12.9. The van der Waals surface area contributed by atoms with Crippen molar-refractivity contribution in [1.82, 2.24) is 14.7 Å². The SMILES string of the molecule is Cn1ncc(NC(=S)Nc2ccccc2OC(F)F)c1C(=O)N1CCCCC1. The fourth-order valence-electron chi connectivity index (χ4n) is 3.07. The van der Waals surface area contributed by atoms with Gasteiger partial charge in [-0.1, -0.05) is 12.1 Å². The van der Waals surface area contributed by atoms with Crippen LogP contribution >= 0.6 is 12.2 Å². The Balaban J connectivity index is 1.73. The quantitative estimate of drug-likeness (QED) is 0.737. The number of rotatable bonds is 5. The van der Waals surface area contributed by atoms with Gasteiger partial charge in [0.15, 0.2) is 5.11 Å². The number of thiocarbonyl (C=S) groups is 1. The van der Waals surface area contributed by atoms with Gasteiger partial charge in [-0.2, -0.15) is 13.9 Å². The van der Waals surface area contributed by atoms with Crippen LogP contribution in [0.3, 0.4) is 0 Å². The Morgan fingerprint density at radius 2 is 1.86 bits per heavy atom. The average Bonchev–Trinajstić information content (AvgIpc) is 3.03. The summed E-state index contributed by atoms with van der Waals surface area (Å²) in [6.07, 6.45) is 4.58. The van der Waals surface area contributed by atoms with Gasteiger partial charge in [0.1, 0.15) is 11.4 Å². The van der Waals surface area contributed by atoms with Crippen LogP contribution in [0.4, 0.5) is 20.2 Å². The summed E-state index contributed by atoms with van der Waals surface area (Å²) in [6.45, 7) is -1.52. The molecule has 28 heavy (non-hydrogen) atoms. The maximum Gasteiger partial charge on any atom is 0.387 e. The molecule has 0 bridgehead atoms. The number of hydrogen-bond acceptors (Lipinski definition) is 4. The molecule has 10 heteroatoms. The molecule has 1 aliphatic rings. The lowest BCUT2D eigenvalue weighted by Crippen LogP contribution is -2.37. The third kappa shape index (κ3) is 4.75. The lowest BCUT2D eigenvalue weighted by molar-refractivity contribution is -0.0493. The smallest absolute Gasteiger partial charge is 0.387 e. The second kappa shape index (κ2) is 8.96. The molecule has 0 atom stereocenters. The van der Waals surface area contributed by atoms with Crippen molar-refractivity contribution >= 4 is 34.6 Å². The minimum absolute atomic E-state index is 0.0301. The van der Waals surface area contributed by atoms with E-state index in [2.05, 4.69) is 20.5 Å². The van der Waals surface area contributed by atoms with E-state index in [-0.39, 0.29) is 22.5 Å². The van der Waals surface area contributed by atoms with Crippen molar-refractivity contribution < 1.29 is 18.3 Å². The number of alkyl halides is 2. The van der Waals surface area contributed by atoms with E-state index in [4.69, 9.17) is 12.2 Å². The van der Waals surface area contributed by atoms with Crippen molar-refractivity contribution in [2.45, 2.75) is 25.9 Å². The van der Waals surface area contributed by atoms with E-state index >= 15 is 0 Å². The van der Waals surface area contributed by atoms with Crippen LogP contribution in [0.15, 0.2) is 30.5 Å². The van der Waals surface area contributed by atoms with Gasteiger partial charge in [-0.15, -0.1) is 0 Å². The molecule has 1 saturated heterocycles. The predicted molar refractivity (Wildman–Crippen MR) is 106 cm³/mol. The van der Waals surface area contributed by atoms with Crippen LogP contribution < -0.4 is 15.4 Å². The van der Waals surface area contributed by atoms with E-state index in [1.165, 1.54) is 16.9 Å². The number of aryl methyl sites for hydroxylation is 1. The second-order valence-electron chi connectivity index (χ2n) is 6.34. The zero-order valence-electron chi connectivity index (χ0n) is 15.3. The van der Waals surface area contributed by atoms with Crippen molar-refractivity contribution in [3.63, 3.8) is 0 Å². The number of halogens is 2. The molecule has 3 rings (SSSR count). The second-order valence-corrected chi connectivity index (χ2v) is 6.75. The Hall–Kier alpha value is -2.75. The fraction of sp³-hybridized carbons (Fsp3) is 0.389. The number of carbonyl (C=O) groups excluding carboxylic acids is 1. The van der Waals surface area contributed by atoms with Gasteiger partial charge in [-0.3, -0.25) is 9.48 Å². The molecule has 1 aromatic carbocycles. The van der Waals surface area contributed by atoms with Gasteiger partial charge in [0.2, 0.25) is 0 Å². The molecule has 2 aromatic rings. The van der Waals surface area contributed by atoms with Crippen LogP contribution in [-0.2, 0) is 7.05 Å². The van der Waals surface area contributed by atoms with Crippen molar-refractivity contribution in [1.29, 1.82) is 0 Å². The lowest BCUT2D eigenvalue weighted by Gasteiger charge is -2.27. The van der Waals surface area contributed by atoms with Gasteiger partial charge in [-0.05, 0) is 43.6 Å². The monoisotopic (exact) mass is 409 g/mol. The van der Waals surface area contributed by atoms with Crippen LogP contribution in [0.25, 0.3) is 0 Å². The topological polar surface area (TPSA) is 71.4 Å². The van der Waals surface area contributed by atoms with Gasteiger partial charge in [0.25, 0.3) is 5.91 Å². The van der Waals surface area contributed by atoms with Gasteiger partial charge in [-0.25, -0.2) is 0 Å². The molecule has 7 nitrogen and oxygen atoms in total. The van der Waals surface area contributed by atoms with Crippen LogP contribution in [-0.4, -0.2) is 45.4 Å². The summed E-state index contributed by atoms with van der Waals surface area (Å²) in [5, 5.41) is 10.0. The Morgan fingerprint density at radius 1 is 1.18 bits per heavy atom. The van der Waals surface area contributed by atoms with Gasteiger partial charge in [0, 0.05) is 20.1 Å². The first-order valence-corrected chi connectivity index (χ1v) is 9.29. The van der Waals surface area contributed by atoms with Crippen molar-refractivity contribution in [2.75, 3.05) is 23.7 Å². The largest absolute Gasteiger partial charge is 0.433 e. The van der Waals surface area contributed by atoms with Crippen molar-refractivity contribution in [2.24, 2.45) is 7.05 Å². The molecule has 0 unspecified atom stereocenters. The van der Waals surface area contributed by atoms with Gasteiger partial charge >= 0.3 is 6.61 Å². The van der Waals surface area contributed by atoms with Gasteiger partial charge in [0.05, 0.1) is 17.6 Å². The molecular formula is C18H21F2N5O2S. The highest BCUT2D eigenvalue weighted by Crippen LogP contribution is 2.26. The normalized spacial score (nSPS) is 14.1. The molecular weight excluding hydrogens is 388 g/mol. The molecule has 0 saturated carbocycles. The standard InChI is InChI=1S/C18H21F2N5O2S/c1-24-15(16(26)25-9-5-2-6-10-25)13(11-21-24)23-18(28)22-12-7-3-4-8-14(12)27-17(19)20/h3-4,7-8,11,17H,2,5-6,9-10H2,1H3,(H2,22,23,28). The summed E-state index contributed by atoms with van der Waals surface area (Å²) in [5.41, 5.74) is 1.12. The van der Waals surface area contributed by atoms with E-state index in [0.29, 0.717) is 24.5 Å². The molecule has 1 aromatic heterocycles. The highest BCUT2D eigenvalue weighted by atomic mass is 32.1. The molecule has 1 aliphatic heterocycles. The number of para-hydroxylation sites is 2. The van der Waals surface area contributed by atoms with Gasteiger partial charge < -0.3 is 20.3 Å². The number of hydrogen-bond donors (Lipinski definition) is 2. The number of nitrogens with zero attached hydrogens (tertiary/aromatic N) is 3. The van der Waals surface area contributed by atoms with E-state index in [1.807, 2.05) is 0 Å². The first kappa shape index (κ1) is 20.0. The van der Waals surface area contributed by atoms with E-state index in [1.54, 1.807) is 30.1 Å². The molecule has 1 amide bonds. The molecule has 2 N–H and O–H groups in total. The van der Waals surface area contributed by atoms with Crippen LogP contribution in [0.5, 0.6) is 5.75 Å². The fourth-order valence-corrected chi connectivity index (χ4v) is 3.29. The molecule has 0 radical (unpaired) electrons. The zero-order chi connectivity index (χ0) is 20.1. The molecule has 2 heterocycles. The Morgan fingerprint density at radius 3 is 2.57 bits per heavy atom. The number of carbonyl (C=O) groups is 1. The van der Waals surface area contributed by atoms with Crippen molar-refractivity contribution in [3.8, 4) is 5.75 Å². The minimum atomic E-state index is -2.95. The van der Waals surface area contributed by atoms with Crippen LogP contribution in [0, 0.1) is 0 Å². The molecule has 1 fully saturated rings. The number of nitrogens with one attached hydrogen (secondary N) is 2. The lowest BCUT2D eigenvalue weighted by atomic mass is 10.1. The Bertz CT molecular complexity index is 852. The van der Waals surface area contributed by atoms with Crippen LogP contribution in [0.2, 0.25) is 0 Å². The number of aromatic nitrogens is 2. The number of piperidine rings is 1. The summed E-state index contributed by atoms with van der Waals surface area (Å²) in [4.78, 5) is 14.7. The average molecular weight is 409 g/mol. The summed E-state index contributed by atoms with van der Waals surface area (Å²) in [7, 11) is 1.69. The number of benzene rings is 1. The highest BCUT2D eigenvalue weighted by Gasteiger charge is 2.24. The number of ether oxygens (including phenoxy) is 1. The van der Waals surface area contributed by atoms with Crippen LogP contribution in [0.1, 0.15) is 29.8 Å². The number of amides is 1. The van der Waals surface area contributed by atoms with E-state index in [0.717, 1.165) is 19.3 Å². The summed E-state index contributed by atoms with van der Waals surface area (Å²) < 4.78 is 31.1.